The number of ether oxygens (including phenoxy) is 1. The molecule has 1 aliphatic rings. The smallest absolute Gasteiger partial charge is 0.174 e. The van der Waals surface area contributed by atoms with Crippen molar-refractivity contribution in [2.75, 3.05) is 0 Å². The van der Waals surface area contributed by atoms with Crippen LogP contribution in [0.3, 0.4) is 0 Å². The summed E-state index contributed by atoms with van der Waals surface area (Å²) >= 11 is 0. The number of fused-ring (bicyclic) bond motifs is 1. The van der Waals surface area contributed by atoms with E-state index >= 15 is 0 Å². The molecule has 2 atom stereocenters. The summed E-state index contributed by atoms with van der Waals surface area (Å²) in [6.45, 7) is 9.93. The summed E-state index contributed by atoms with van der Waals surface area (Å²) in [5, 5.41) is 41.1. The van der Waals surface area contributed by atoms with Gasteiger partial charge in [0.2, 0.25) is 0 Å². The lowest BCUT2D eigenvalue weighted by Gasteiger charge is -2.28. The first-order chi connectivity index (χ1) is 14.6. The van der Waals surface area contributed by atoms with Crippen LogP contribution in [-0.4, -0.2) is 26.2 Å². The minimum atomic E-state index is -0.800. The molecule has 31 heavy (non-hydrogen) atoms. The Kier molecular flexibility index (Phi) is 6.29. The van der Waals surface area contributed by atoms with Gasteiger partial charge in [-0.1, -0.05) is 23.8 Å². The topological polar surface area (TPSA) is 107 Å². The van der Waals surface area contributed by atoms with Crippen LogP contribution in [0.15, 0.2) is 48.1 Å². The maximum atomic E-state index is 12.9. The van der Waals surface area contributed by atoms with Gasteiger partial charge in [0.05, 0.1) is 6.42 Å². The Balaban J connectivity index is 1.95. The highest BCUT2D eigenvalue weighted by atomic mass is 16.5. The third kappa shape index (κ3) is 4.68. The first-order valence-electron chi connectivity index (χ1n) is 10.2. The fourth-order valence-electron chi connectivity index (χ4n) is 3.76. The summed E-state index contributed by atoms with van der Waals surface area (Å²) in [7, 11) is 0. The van der Waals surface area contributed by atoms with Gasteiger partial charge in [0.1, 0.15) is 40.4 Å². The Hall–Kier alpha value is -3.41. The number of Topliss-reactive ketones (excluding diaryl/α,β-unsaturated/α-hetero) is 1. The van der Waals surface area contributed by atoms with Crippen LogP contribution in [0, 0.1) is 5.92 Å². The zero-order valence-electron chi connectivity index (χ0n) is 18.0. The second-order valence-electron chi connectivity index (χ2n) is 8.34. The molecule has 0 radical (unpaired) electrons. The highest BCUT2D eigenvalue weighted by Crippen LogP contribution is 2.46. The lowest BCUT2D eigenvalue weighted by molar-refractivity contribution is 0.0841. The average Bonchev–Trinajstić information content (AvgIpc) is 2.66. The van der Waals surface area contributed by atoms with Crippen LogP contribution >= 0.6 is 0 Å². The Morgan fingerprint density at radius 1 is 1.16 bits per heavy atom. The molecule has 0 saturated heterocycles. The third-order valence-corrected chi connectivity index (χ3v) is 5.58. The molecule has 6 heteroatoms. The van der Waals surface area contributed by atoms with E-state index in [9.17, 15) is 25.2 Å². The Morgan fingerprint density at radius 3 is 2.48 bits per heavy atom. The van der Waals surface area contributed by atoms with Crippen molar-refractivity contribution in [3.8, 4) is 28.7 Å². The number of allylic oxidation sites excluding steroid dienone is 3. The van der Waals surface area contributed by atoms with E-state index in [0.29, 0.717) is 18.4 Å². The van der Waals surface area contributed by atoms with Gasteiger partial charge in [-0.15, -0.1) is 0 Å². The molecule has 3 rings (SSSR count). The van der Waals surface area contributed by atoms with Gasteiger partial charge >= 0.3 is 0 Å². The predicted octanol–water partition coefficient (Wildman–Crippen LogP) is 5.31. The molecule has 0 bridgehead atoms. The molecule has 0 fully saturated rings. The van der Waals surface area contributed by atoms with Crippen LogP contribution in [0.2, 0.25) is 0 Å². The molecule has 4 N–H and O–H groups in total. The van der Waals surface area contributed by atoms with Gasteiger partial charge in [-0.3, -0.25) is 4.79 Å². The summed E-state index contributed by atoms with van der Waals surface area (Å²) in [5.41, 5.74) is 2.74. The lowest BCUT2D eigenvalue weighted by atomic mass is 9.86. The fraction of sp³-hybridized carbons (Fsp3) is 0.320. The Bertz CT molecular complexity index is 1060. The number of phenols is 4. The number of hydrogen-bond donors (Lipinski definition) is 4. The molecule has 0 amide bonds. The molecule has 2 aromatic carbocycles. The third-order valence-electron chi connectivity index (χ3n) is 5.58. The number of ketones is 1. The number of phenolic OH excluding ortho intramolecular Hbond substituents is 4. The second kappa shape index (κ2) is 8.76. The summed E-state index contributed by atoms with van der Waals surface area (Å²) in [6.07, 6.45) is 2.23. The molecule has 2 aromatic rings. The highest BCUT2D eigenvalue weighted by Gasteiger charge is 2.34. The van der Waals surface area contributed by atoms with E-state index in [0.717, 1.165) is 11.1 Å². The molecule has 0 spiro atoms. The molecule has 164 valence electrons. The van der Waals surface area contributed by atoms with Gasteiger partial charge in [0.15, 0.2) is 5.78 Å². The van der Waals surface area contributed by atoms with Crippen LogP contribution in [0.1, 0.15) is 61.2 Å². The first-order valence-corrected chi connectivity index (χ1v) is 10.2. The predicted molar refractivity (Wildman–Crippen MR) is 118 cm³/mol. The monoisotopic (exact) mass is 424 g/mol. The van der Waals surface area contributed by atoms with Gasteiger partial charge in [0, 0.05) is 23.3 Å². The maximum absolute atomic E-state index is 12.9. The van der Waals surface area contributed by atoms with E-state index in [1.54, 1.807) is 0 Å². The van der Waals surface area contributed by atoms with Gasteiger partial charge in [-0.05, 0) is 51.7 Å². The molecule has 0 saturated carbocycles. The number of carbonyl (C=O) groups is 1. The van der Waals surface area contributed by atoms with E-state index in [4.69, 9.17) is 4.74 Å². The second-order valence-corrected chi connectivity index (χ2v) is 8.34. The van der Waals surface area contributed by atoms with Gasteiger partial charge in [-0.25, -0.2) is 0 Å². The molecule has 1 aliphatic heterocycles. The van der Waals surface area contributed by atoms with E-state index < -0.39 is 6.10 Å². The lowest BCUT2D eigenvalue weighted by Crippen LogP contribution is -2.21. The molecule has 0 aliphatic carbocycles. The normalized spacial score (nSPS) is 16.2. The summed E-state index contributed by atoms with van der Waals surface area (Å²) in [4.78, 5) is 12.9. The molecular formula is C25H28O6. The van der Waals surface area contributed by atoms with Crippen LogP contribution < -0.4 is 4.74 Å². The summed E-state index contributed by atoms with van der Waals surface area (Å²) in [6, 6.07) is 5.37. The minimum Gasteiger partial charge on any atom is -0.508 e. The number of benzene rings is 2. The van der Waals surface area contributed by atoms with E-state index in [1.807, 2.05) is 20.8 Å². The Morgan fingerprint density at radius 2 is 1.87 bits per heavy atom. The van der Waals surface area contributed by atoms with Crippen molar-refractivity contribution < 1.29 is 30.0 Å². The number of rotatable bonds is 6. The molecule has 0 unspecified atom stereocenters. The van der Waals surface area contributed by atoms with Crippen LogP contribution in [0.4, 0.5) is 0 Å². The van der Waals surface area contributed by atoms with Crippen molar-refractivity contribution in [2.24, 2.45) is 5.92 Å². The van der Waals surface area contributed by atoms with E-state index in [2.05, 4.69) is 12.7 Å². The van der Waals surface area contributed by atoms with Crippen molar-refractivity contribution >= 4 is 5.78 Å². The number of hydrogen-bond acceptors (Lipinski definition) is 6. The molecule has 0 aromatic heterocycles. The quantitative estimate of drug-likeness (QED) is 0.468. The Labute approximate surface area is 181 Å². The SMILES string of the molecule is C=C(C)[C@@H](CC=C(C)C)Cc1c(O)cc2c(c1O)C(=O)C[C@H](c1ccc(O)cc1O)O2. The molecule has 6 nitrogen and oxygen atoms in total. The summed E-state index contributed by atoms with van der Waals surface area (Å²) < 4.78 is 5.85. The van der Waals surface area contributed by atoms with Crippen molar-refractivity contribution in [1.82, 2.24) is 0 Å². The number of carbonyl (C=O) groups excluding carboxylic acids is 1. The zero-order chi connectivity index (χ0) is 22.9. The summed E-state index contributed by atoms with van der Waals surface area (Å²) in [5.74, 6) is -1.05. The van der Waals surface area contributed by atoms with Crippen LogP contribution in [0.5, 0.6) is 28.7 Å². The standard InChI is InChI=1S/C25H28O6/c1-13(2)5-6-15(14(3)4)9-18-20(28)11-23-24(25(18)30)21(29)12-22(31-23)17-8-7-16(26)10-19(17)27/h5,7-8,10-11,15,22,26-28,30H,3,6,9,12H2,1-2,4H3/t15-,22+/m0/s1. The van der Waals surface area contributed by atoms with Crippen molar-refractivity contribution in [2.45, 2.75) is 46.1 Å². The molecule has 1 heterocycles. The largest absolute Gasteiger partial charge is 0.508 e. The average molecular weight is 424 g/mol. The van der Waals surface area contributed by atoms with Crippen LogP contribution in [0.25, 0.3) is 0 Å². The van der Waals surface area contributed by atoms with E-state index in [1.165, 1.54) is 24.3 Å². The van der Waals surface area contributed by atoms with Crippen LogP contribution in [-0.2, 0) is 6.42 Å². The van der Waals surface area contributed by atoms with E-state index in [-0.39, 0.29) is 58.0 Å². The molecular weight excluding hydrogens is 396 g/mol. The zero-order valence-corrected chi connectivity index (χ0v) is 18.0. The maximum Gasteiger partial charge on any atom is 0.174 e. The van der Waals surface area contributed by atoms with Crippen molar-refractivity contribution in [3.05, 3.63) is 64.8 Å². The van der Waals surface area contributed by atoms with Gasteiger partial charge in [-0.2, -0.15) is 0 Å². The first kappa shape index (κ1) is 22.3. The highest BCUT2D eigenvalue weighted by molar-refractivity contribution is 6.03. The van der Waals surface area contributed by atoms with Crippen molar-refractivity contribution in [1.29, 1.82) is 0 Å². The van der Waals surface area contributed by atoms with Gasteiger partial charge in [0.25, 0.3) is 0 Å². The fourth-order valence-corrected chi connectivity index (χ4v) is 3.76. The van der Waals surface area contributed by atoms with Crippen molar-refractivity contribution in [3.63, 3.8) is 0 Å². The number of aromatic hydroxyl groups is 4. The minimum absolute atomic E-state index is 0.00828. The van der Waals surface area contributed by atoms with Gasteiger partial charge < -0.3 is 25.2 Å².